The van der Waals surface area contributed by atoms with Gasteiger partial charge in [-0.15, -0.1) is 0 Å². The number of nitrogens with one attached hydrogen (secondary N) is 1. The molecule has 0 spiro atoms. The summed E-state index contributed by atoms with van der Waals surface area (Å²) in [6.45, 7) is 18.9. The smallest absolute Gasteiger partial charge is 0.0166 e. The van der Waals surface area contributed by atoms with E-state index in [1.165, 1.54) is 32.7 Å². The van der Waals surface area contributed by atoms with Gasteiger partial charge < -0.3 is 10.2 Å². The van der Waals surface area contributed by atoms with Gasteiger partial charge >= 0.3 is 0 Å². The second kappa shape index (κ2) is 8.23. The highest BCUT2D eigenvalue weighted by atomic mass is 15.3. The molecule has 1 rings (SSSR count). The van der Waals surface area contributed by atoms with Gasteiger partial charge in [0.1, 0.15) is 0 Å². The Balaban J connectivity index is 2.25. The van der Waals surface area contributed by atoms with Crippen LogP contribution >= 0.6 is 0 Å². The summed E-state index contributed by atoms with van der Waals surface area (Å²) in [5, 5.41) is 3.75. The molecular weight excluding hydrogens is 234 g/mol. The fourth-order valence-electron chi connectivity index (χ4n) is 3.06. The first-order chi connectivity index (χ1) is 8.90. The minimum Gasteiger partial charge on any atom is -0.313 e. The number of nitrogens with zero attached hydrogens (tertiary/aromatic N) is 2. The van der Waals surface area contributed by atoms with Crippen molar-refractivity contribution in [2.24, 2.45) is 17.8 Å². The van der Waals surface area contributed by atoms with Gasteiger partial charge in [0.15, 0.2) is 0 Å². The molecular formula is C16H35N3. The minimum absolute atomic E-state index is 0.600. The highest BCUT2D eigenvalue weighted by Crippen LogP contribution is 2.19. The molecule has 0 aliphatic carbocycles. The Hall–Kier alpha value is -0.120. The van der Waals surface area contributed by atoms with Gasteiger partial charge in [0, 0.05) is 38.8 Å². The molecule has 0 aromatic carbocycles. The molecule has 1 saturated heterocycles. The highest BCUT2D eigenvalue weighted by Gasteiger charge is 2.19. The van der Waals surface area contributed by atoms with Crippen LogP contribution in [0.15, 0.2) is 0 Å². The van der Waals surface area contributed by atoms with E-state index >= 15 is 0 Å². The summed E-state index contributed by atoms with van der Waals surface area (Å²) in [7, 11) is 2.22. The van der Waals surface area contributed by atoms with Crippen molar-refractivity contribution in [3.05, 3.63) is 0 Å². The lowest BCUT2D eigenvalue weighted by Gasteiger charge is -2.35. The zero-order valence-electron chi connectivity index (χ0n) is 13.9. The van der Waals surface area contributed by atoms with Crippen LogP contribution in [0.1, 0.15) is 34.6 Å². The van der Waals surface area contributed by atoms with Crippen LogP contribution in [0, 0.1) is 17.8 Å². The third kappa shape index (κ3) is 6.24. The maximum absolute atomic E-state index is 3.75. The van der Waals surface area contributed by atoms with Crippen LogP contribution in [0.5, 0.6) is 0 Å². The van der Waals surface area contributed by atoms with Crippen molar-refractivity contribution < 1.29 is 0 Å². The molecule has 1 atom stereocenters. The van der Waals surface area contributed by atoms with E-state index in [4.69, 9.17) is 0 Å². The van der Waals surface area contributed by atoms with Crippen molar-refractivity contribution in [3.63, 3.8) is 0 Å². The standard InChI is InChI=1S/C16H35N3/c1-13(2)16(14(3)4)11-17-15(5)12-19-9-7-18(6)8-10-19/h13-17H,7-12H2,1-6H3/t15-/m0/s1. The van der Waals surface area contributed by atoms with Gasteiger partial charge in [-0.1, -0.05) is 27.7 Å². The Morgan fingerprint density at radius 2 is 1.42 bits per heavy atom. The van der Waals surface area contributed by atoms with Crippen LogP contribution in [-0.2, 0) is 0 Å². The topological polar surface area (TPSA) is 18.5 Å². The molecule has 0 saturated carbocycles. The lowest BCUT2D eigenvalue weighted by Crippen LogP contribution is -2.49. The van der Waals surface area contributed by atoms with Gasteiger partial charge in [0.2, 0.25) is 0 Å². The molecule has 3 nitrogen and oxygen atoms in total. The highest BCUT2D eigenvalue weighted by molar-refractivity contribution is 4.76. The number of likely N-dealkylation sites (N-methyl/N-ethyl adjacent to an activating group) is 1. The number of rotatable bonds is 7. The Labute approximate surface area is 120 Å². The van der Waals surface area contributed by atoms with Crippen molar-refractivity contribution in [1.82, 2.24) is 15.1 Å². The molecule has 0 unspecified atom stereocenters. The molecule has 1 fully saturated rings. The van der Waals surface area contributed by atoms with E-state index in [2.05, 4.69) is 56.8 Å². The summed E-state index contributed by atoms with van der Waals surface area (Å²) in [6.07, 6.45) is 0. The Morgan fingerprint density at radius 3 is 1.89 bits per heavy atom. The normalized spacial score (nSPS) is 20.7. The summed E-state index contributed by atoms with van der Waals surface area (Å²) < 4.78 is 0. The first-order valence-electron chi connectivity index (χ1n) is 8.04. The lowest BCUT2D eigenvalue weighted by molar-refractivity contribution is 0.141. The first kappa shape index (κ1) is 16.9. The largest absolute Gasteiger partial charge is 0.313 e. The van der Waals surface area contributed by atoms with E-state index in [9.17, 15) is 0 Å². The van der Waals surface area contributed by atoms with Crippen molar-refractivity contribution in [2.45, 2.75) is 40.7 Å². The lowest BCUT2D eigenvalue weighted by atomic mass is 9.85. The predicted octanol–water partition coefficient (Wildman–Crippen LogP) is 2.14. The van der Waals surface area contributed by atoms with Gasteiger partial charge in [0.05, 0.1) is 0 Å². The molecule has 0 bridgehead atoms. The third-order valence-corrected chi connectivity index (χ3v) is 4.54. The molecule has 0 radical (unpaired) electrons. The quantitative estimate of drug-likeness (QED) is 0.764. The summed E-state index contributed by atoms with van der Waals surface area (Å²) in [6, 6.07) is 0.600. The fraction of sp³-hybridized carbons (Fsp3) is 1.00. The van der Waals surface area contributed by atoms with E-state index in [0.717, 1.165) is 24.3 Å². The van der Waals surface area contributed by atoms with E-state index in [-0.39, 0.29) is 0 Å². The van der Waals surface area contributed by atoms with Crippen molar-refractivity contribution in [2.75, 3.05) is 46.3 Å². The van der Waals surface area contributed by atoms with E-state index in [1.807, 2.05) is 0 Å². The summed E-state index contributed by atoms with van der Waals surface area (Å²) >= 11 is 0. The molecule has 114 valence electrons. The Bertz CT molecular complexity index is 224. The minimum atomic E-state index is 0.600. The maximum atomic E-state index is 3.75. The van der Waals surface area contributed by atoms with E-state index in [0.29, 0.717) is 6.04 Å². The van der Waals surface area contributed by atoms with Crippen LogP contribution in [0.25, 0.3) is 0 Å². The van der Waals surface area contributed by atoms with Crippen LogP contribution < -0.4 is 5.32 Å². The van der Waals surface area contributed by atoms with E-state index < -0.39 is 0 Å². The van der Waals surface area contributed by atoms with Gasteiger partial charge in [-0.25, -0.2) is 0 Å². The summed E-state index contributed by atoms with van der Waals surface area (Å²) in [4.78, 5) is 5.01. The molecule has 0 aromatic heterocycles. The molecule has 0 amide bonds. The Morgan fingerprint density at radius 1 is 0.895 bits per heavy atom. The van der Waals surface area contributed by atoms with Crippen LogP contribution in [0.2, 0.25) is 0 Å². The van der Waals surface area contributed by atoms with Gasteiger partial charge in [-0.05, 0) is 38.3 Å². The molecule has 0 aromatic rings. The zero-order chi connectivity index (χ0) is 14.4. The molecule has 19 heavy (non-hydrogen) atoms. The predicted molar refractivity (Wildman–Crippen MR) is 84.6 cm³/mol. The van der Waals surface area contributed by atoms with Gasteiger partial charge in [-0.3, -0.25) is 4.90 Å². The second-order valence-electron chi connectivity index (χ2n) is 7.07. The number of piperazine rings is 1. The number of hydrogen-bond donors (Lipinski definition) is 1. The molecule has 1 aliphatic rings. The van der Waals surface area contributed by atoms with Crippen LogP contribution in [-0.4, -0.2) is 62.2 Å². The second-order valence-corrected chi connectivity index (χ2v) is 7.07. The zero-order valence-corrected chi connectivity index (χ0v) is 13.9. The van der Waals surface area contributed by atoms with Crippen molar-refractivity contribution in [3.8, 4) is 0 Å². The first-order valence-corrected chi connectivity index (χ1v) is 8.04. The SMILES string of the molecule is CC(C)C(CN[C@@H](C)CN1CCN(C)CC1)C(C)C. The monoisotopic (exact) mass is 269 g/mol. The fourth-order valence-corrected chi connectivity index (χ4v) is 3.06. The van der Waals surface area contributed by atoms with Crippen LogP contribution in [0.4, 0.5) is 0 Å². The maximum Gasteiger partial charge on any atom is 0.0166 e. The van der Waals surface area contributed by atoms with Crippen molar-refractivity contribution in [1.29, 1.82) is 0 Å². The summed E-state index contributed by atoms with van der Waals surface area (Å²) in [5.74, 6) is 2.32. The molecule has 1 heterocycles. The van der Waals surface area contributed by atoms with Gasteiger partial charge in [0.25, 0.3) is 0 Å². The van der Waals surface area contributed by atoms with Crippen LogP contribution in [0.3, 0.4) is 0 Å². The van der Waals surface area contributed by atoms with Gasteiger partial charge in [-0.2, -0.15) is 0 Å². The molecule has 1 aliphatic heterocycles. The van der Waals surface area contributed by atoms with Crippen molar-refractivity contribution >= 4 is 0 Å². The van der Waals surface area contributed by atoms with E-state index in [1.54, 1.807) is 0 Å². The molecule has 3 heteroatoms. The average Bonchev–Trinajstić information content (AvgIpc) is 2.31. The Kier molecular flexibility index (Phi) is 7.33. The molecule has 1 N–H and O–H groups in total. The summed E-state index contributed by atoms with van der Waals surface area (Å²) in [5.41, 5.74) is 0. The average molecular weight is 269 g/mol. The third-order valence-electron chi connectivity index (χ3n) is 4.54. The number of hydrogen-bond acceptors (Lipinski definition) is 3.